The summed E-state index contributed by atoms with van der Waals surface area (Å²) in [6.45, 7) is 13.9. The highest BCUT2D eigenvalue weighted by molar-refractivity contribution is 6.26. The molecule has 0 bridgehead atoms. The fourth-order valence-corrected chi connectivity index (χ4v) is 3.12. The smallest absolute Gasteiger partial charge is 0.162 e. The summed E-state index contributed by atoms with van der Waals surface area (Å²) in [4.78, 5) is 4.56. The van der Waals surface area contributed by atoms with E-state index in [1.54, 1.807) is 6.08 Å². The third-order valence-corrected chi connectivity index (χ3v) is 3.24. The first-order chi connectivity index (χ1) is 6.97. The Hall–Kier alpha value is -0.236. The molecule has 0 amide bonds. The summed E-state index contributed by atoms with van der Waals surface area (Å²) in [6, 6.07) is 0. The van der Waals surface area contributed by atoms with Gasteiger partial charge in [0.15, 0.2) is 25.8 Å². The van der Waals surface area contributed by atoms with Gasteiger partial charge in [0.05, 0.1) is 0 Å². The first-order valence-corrected chi connectivity index (χ1v) is 9.38. The molecule has 0 radical (unpaired) electrons. The zero-order valence-corrected chi connectivity index (χ0v) is 13.4. The minimum absolute atomic E-state index is 0.180. The molecule has 0 aliphatic rings. The number of rotatable bonds is 7. The molecule has 0 saturated heterocycles. The highest BCUT2D eigenvalue weighted by atomic mass is 28.2. The van der Waals surface area contributed by atoms with Crippen LogP contribution in [0.25, 0.3) is 0 Å². The average molecular weight is 245 g/mol. The molecule has 0 atom stereocenters. The van der Waals surface area contributed by atoms with Crippen LogP contribution in [0.5, 0.6) is 0 Å². The van der Waals surface area contributed by atoms with Crippen molar-refractivity contribution in [2.45, 2.75) is 45.7 Å². The van der Waals surface area contributed by atoms with Crippen molar-refractivity contribution in [3.63, 3.8) is 0 Å². The third kappa shape index (κ3) is 5.41. The Kier molecular flexibility index (Phi) is 6.99. The largest absolute Gasteiger partial charge is 0.399 e. The lowest BCUT2D eigenvalue weighted by atomic mass is 10.1. The molecule has 0 aromatic heterocycles. The molecule has 88 valence electrons. The predicted octanol–water partition coefficient (Wildman–Crippen LogP) is 1.03. The topological polar surface area (TPSA) is 30.8 Å². The van der Waals surface area contributed by atoms with Crippen LogP contribution in [0.4, 0.5) is 0 Å². The van der Waals surface area contributed by atoms with Crippen LogP contribution in [-0.4, -0.2) is 37.1 Å². The summed E-state index contributed by atoms with van der Waals surface area (Å²) in [7, 11) is -0.943. The molecule has 3 nitrogen and oxygen atoms in total. The number of allylic oxidation sites excluding steroid dienone is 1. The van der Waals surface area contributed by atoms with Gasteiger partial charge in [-0.15, -0.1) is 0 Å². The Bertz CT molecular complexity index is 223. The Morgan fingerprint density at radius 3 is 2.13 bits per heavy atom. The van der Waals surface area contributed by atoms with Gasteiger partial charge >= 0.3 is 0 Å². The standard InChI is InChI=1S/C10H23NO2Si2/c1-7-8(2)11-10(3,4)9(12-14-5)13-15-6/h7,9H,1,14-15H2,2-6H3. The SMILES string of the molecule is C=CC(C)=NC(C)(C)C(O[SiH2]C)O[SiH2]C. The van der Waals surface area contributed by atoms with E-state index >= 15 is 0 Å². The van der Waals surface area contributed by atoms with Gasteiger partial charge in [-0.25, -0.2) is 0 Å². The molecule has 0 heterocycles. The zero-order chi connectivity index (χ0) is 11.9. The maximum Gasteiger partial charge on any atom is 0.162 e. The van der Waals surface area contributed by atoms with Crippen molar-refractivity contribution < 1.29 is 8.85 Å². The summed E-state index contributed by atoms with van der Waals surface area (Å²) >= 11 is 0. The van der Waals surface area contributed by atoms with Crippen LogP contribution >= 0.6 is 0 Å². The maximum absolute atomic E-state index is 5.70. The van der Waals surface area contributed by atoms with Crippen molar-refractivity contribution in [3.8, 4) is 0 Å². The lowest BCUT2D eigenvalue weighted by molar-refractivity contribution is -0.0380. The van der Waals surface area contributed by atoms with E-state index < -0.39 is 19.5 Å². The molecule has 0 spiro atoms. The lowest BCUT2D eigenvalue weighted by Crippen LogP contribution is -2.40. The van der Waals surface area contributed by atoms with E-state index in [0.29, 0.717) is 0 Å². The first kappa shape index (κ1) is 14.8. The molecule has 15 heavy (non-hydrogen) atoms. The Morgan fingerprint density at radius 1 is 1.33 bits per heavy atom. The minimum atomic E-state index is -0.472. The monoisotopic (exact) mass is 245 g/mol. The Balaban J connectivity index is 4.68. The van der Waals surface area contributed by atoms with Gasteiger partial charge in [-0.2, -0.15) is 0 Å². The van der Waals surface area contributed by atoms with Gasteiger partial charge in [-0.05, 0) is 26.8 Å². The van der Waals surface area contributed by atoms with Crippen molar-refractivity contribution in [2.75, 3.05) is 0 Å². The fraction of sp³-hybridized carbons (Fsp3) is 0.700. The highest BCUT2D eigenvalue weighted by Crippen LogP contribution is 2.19. The van der Waals surface area contributed by atoms with Crippen LogP contribution in [-0.2, 0) is 8.85 Å². The average Bonchev–Trinajstić information content (AvgIpc) is 2.16. The van der Waals surface area contributed by atoms with Crippen molar-refractivity contribution >= 4 is 25.2 Å². The minimum Gasteiger partial charge on any atom is -0.399 e. The van der Waals surface area contributed by atoms with Crippen molar-refractivity contribution in [2.24, 2.45) is 4.99 Å². The van der Waals surface area contributed by atoms with Gasteiger partial charge < -0.3 is 8.85 Å². The second-order valence-electron chi connectivity index (χ2n) is 3.85. The second-order valence-corrected chi connectivity index (χ2v) is 5.67. The molecule has 0 aliphatic heterocycles. The molecule has 0 N–H and O–H groups in total. The van der Waals surface area contributed by atoms with Crippen LogP contribution in [0.3, 0.4) is 0 Å². The Morgan fingerprint density at radius 2 is 1.80 bits per heavy atom. The highest BCUT2D eigenvalue weighted by Gasteiger charge is 2.29. The van der Waals surface area contributed by atoms with Gasteiger partial charge in [-0.3, -0.25) is 4.99 Å². The van der Waals surface area contributed by atoms with E-state index in [0.717, 1.165) is 5.71 Å². The maximum atomic E-state index is 5.70. The van der Waals surface area contributed by atoms with Gasteiger partial charge in [0, 0.05) is 5.71 Å². The summed E-state index contributed by atoms with van der Waals surface area (Å²) in [5.41, 5.74) is 0.609. The van der Waals surface area contributed by atoms with Crippen LogP contribution < -0.4 is 0 Å². The quantitative estimate of drug-likeness (QED) is 0.381. The van der Waals surface area contributed by atoms with Gasteiger partial charge in [0.2, 0.25) is 0 Å². The van der Waals surface area contributed by atoms with Crippen molar-refractivity contribution in [3.05, 3.63) is 12.7 Å². The normalized spacial score (nSPS) is 16.7. The zero-order valence-electron chi connectivity index (χ0n) is 10.5. The van der Waals surface area contributed by atoms with Crippen LogP contribution in [0.2, 0.25) is 13.1 Å². The molecule has 0 aromatic carbocycles. The van der Waals surface area contributed by atoms with E-state index in [2.05, 4.69) is 24.7 Å². The fourth-order valence-electron chi connectivity index (χ4n) is 1.31. The molecule has 0 fully saturated rings. The van der Waals surface area contributed by atoms with Crippen LogP contribution in [0.1, 0.15) is 20.8 Å². The third-order valence-electron chi connectivity index (χ3n) is 1.97. The van der Waals surface area contributed by atoms with Crippen LogP contribution in [0.15, 0.2) is 17.6 Å². The Labute approximate surface area is 97.9 Å². The summed E-state index contributed by atoms with van der Waals surface area (Å²) < 4.78 is 11.4. The number of hydrogen-bond acceptors (Lipinski definition) is 3. The first-order valence-electron chi connectivity index (χ1n) is 5.40. The van der Waals surface area contributed by atoms with E-state index in [1.807, 2.05) is 20.8 Å². The van der Waals surface area contributed by atoms with E-state index in [1.165, 1.54) is 0 Å². The molecule has 0 saturated carbocycles. The van der Waals surface area contributed by atoms with Gasteiger partial charge in [0.1, 0.15) is 5.54 Å². The molecular formula is C10H23NO2Si2. The number of hydrogen-bond donors (Lipinski definition) is 0. The van der Waals surface area contributed by atoms with E-state index in [4.69, 9.17) is 8.85 Å². The van der Waals surface area contributed by atoms with E-state index in [-0.39, 0.29) is 11.8 Å². The van der Waals surface area contributed by atoms with Crippen molar-refractivity contribution in [1.29, 1.82) is 0 Å². The van der Waals surface area contributed by atoms with Crippen LogP contribution in [0, 0.1) is 0 Å². The van der Waals surface area contributed by atoms with Gasteiger partial charge in [-0.1, -0.05) is 19.7 Å². The number of nitrogens with zero attached hydrogens (tertiary/aromatic N) is 1. The summed E-state index contributed by atoms with van der Waals surface area (Å²) in [6.07, 6.45) is 1.58. The predicted molar refractivity (Wildman–Crippen MR) is 72.2 cm³/mol. The molecule has 0 aliphatic carbocycles. The van der Waals surface area contributed by atoms with Gasteiger partial charge in [0.25, 0.3) is 0 Å². The molecule has 0 aromatic rings. The molecule has 0 rings (SSSR count). The van der Waals surface area contributed by atoms with Crippen molar-refractivity contribution in [1.82, 2.24) is 0 Å². The molecule has 0 unspecified atom stereocenters. The number of aliphatic imine (C=N–C) groups is 1. The second kappa shape index (κ2) is 7.11. The summed E-state index contributed by atoms with van der Waals surface area (Å²) in [5, 5.41) is 0. The molecule has 5 heteroatoms. The molecular weight excluding hydrogens is 222 g/mol. The lowest BCUT2D eigenvalue weighted by Gasteiger charge is -2.31. The summed E-state index contributed by atoms with van der Waals surface area (Å²) in [5.74, 6) is 0. The van der Waals surface area contributed by atoms with E-state index in [9.17, 15) is 0 Å².